The third-order valence-corrected chi connectivity index (χ3v) is 7.34. The molecule has 2 amide bonds. The highest BCUT2D eigenvalue weighted by Crippen LogP contribution is 2.60. The van der Waals surface area contributed by atoms with Gasteiger partial charge in [-0.3, -0.25) is 9.59 Å². The molecular weight excluding hydrogens is 435 g/mol. The van der Waals surface area contributed by atoms with Gasteiger partial charge < -0.3 is 9.80 Å². The first kappa shape index (κ1) is 22.3. The van der Waals surface area contributed by atoms with Crippen LogP contribution in [0, 0.1) is 24.1 Å². The number of benzene rings is 2. The Kier molecular flexibility index (Phi) is 5.67. The summed E-state index contributed by atoms with van der Waals surface area (Å²) in [4.78, 5) is 29.7. The van der Waals surface area contributed by atoms with Crippen molar-refractivity contribution in [2.45, 2.75) is 32.7 Å². The van der Waals surface area contributed by atoms with Crippen LogP contribution >= 0.6 is 0 Å². The van der Waals surface area contributed by atoms with E-state index in [2.05, 4.69) is 10.3 Å². The summed E-state index contributed by atoms with van der Waals surface area (Å²) in [6.07, 6.45) is 2.47. The third kappa shape index (κ3) is 4.08. The van der Waals surface area contributed by atoms with E-state index in [4.69, 9.17) is 4.63 Å². The molecule has 5 rings (SSSR count). The van der Waals surface area contributed by atoms with Gasteiger partial charge in [0.15, 0.2) is 0 Å². The van der Waals surface area contributed by atoms with Crippen molar-refractivity contribution in [3.63, 3.8) is 0 Å². The van der Waals surface area contributed by atoms with E-state index in [0.717, 1.165) is 19.3 Å². The number of likely N-dealkylation sites (tertiary alicyclic amines) is 1. The topological polar surface area (TPSA) is 79.5 Å². The summed E-state index contributed by atoms with van der Waals surface area (Å²) >= 11 is 0. The number of piperidine rings is 1. The van der Waals surface area contributed by atoms with E-state index in [0.29, 0.717) is 47.7 Å². The van der Waals surface area contributed by atoms with Gasteiger partial charge in [-0.1, -0.05) is 40.6 Å². The van der Waals surface area contributed by atoms with Gasteiger partial charge in [0.25, 0.3) is 5.91 Å². The molecule has 1 unspecified atom stereocenters. The number of hydrogen-bond acceptors (Lipinski definition) is 5. The highest BCUT2D eigenvalue weighted by atomic mass is 19.1. The van der Waals surface area contributed by atoms with Crippen LogP contribution in [0.25, 0.3) is 11.1 Å². The van der Waals surface area contributed by atoms with Crippen molar-refractivity contribution in [1.29, 1.82) is 0 Å². The van der Waals surface area contributed by atoms with Crippen molar-refractivity contribution in [2.24, 2.45) is 11.3 Å². The Morgan fingerprint density at radius 3 is 2.62 bits per heavy atom. The SMILES string of the molecule is Cc1nonc1CN(C)C(=O)C1CC12CCN(C(=O)c1cccc(-c3ccccc3F)c1)CC2. The molecule has 3 aromatic rings. The van der Waals surface area contributed by atoms with Crippen LogP contribution in [0.4, 0.5) is 4.39 Å². The number of aromatic nitrogens is 2. The monoisotopic (exact) mass is 462 g/mol. The van der Waals surface area contributed by atoms with Gasteiger partial charge in [0, 0.05) is 37.2 Å². The molecular formula is C26H27FN4O3. The van der Waals surface area contributed by atoms with Crippen LogP contribution in [0.15, 0.2) is 53.2 Å². The Morgan fingerprint density at radius 2 is 1.91 bits per heavy atom. The highest BCUT2D eigenvalue weighted by Gasteiger charge is 2.59. The van der Waals surface area contributed by atoms with Crippen LogP contribution in [0.3, 0.4) is 0 Å². The molecule has 34 heavy (non-hydrogen) atoms. The predicted octanol–water partition coefficient (Wildman–Crippen LogP) is 4.09. The summed E-state index contributed by atoms with van der Waals surface area (Å²) in [7, 11) is 1.78. The number of carbonyl (C=O) groups excluding carboxylic acids is 2. The average molecular weight is 463 g/mol. The van der Waals surface area contributed by atoms with Crippen LogP contribution < -0.4 is 0 Å². The summed E-state index contributed by atoms with van der Waals surface area (Å²) in [6, 6.07) is 13.7. The first-order valence-electron chi connectivity index (χ1n) is 11.6. The van der Waals surface area contributed by atoms with E-state index in [1.807, 2.05) is 17.9 Å². The molecule has 2 fully saturated rings. The molecule has 2 aliphatic rings. The number of halogens is 1. The molecule has 1 saturated heterocycles. The summed E-state index contributed by atoms with van der Waals surface area (Å²) in [5.74, 6) is -0.266. The molecule has 0 bridgehead atoms. The van der Waals surface area contributed by atoms with Crippen LogP contribution in [0.1, 0.15) is 41.0 Å². The Hall–Kier alpha value is -3.55. The zero-order valence-corrected chi connectivity index (χ0v) is 19.3. The van der Waals surface area contributed by atoms with Crippen molar-refractivity contribution in [2.75, 3.05) is 20.1 Å². The summed E-state index contributed by atoms with van der Waals surface area (Å²) < 4.78 is 18.9. The molecule has 1 saturated carbocycles. The fourth-order valence-corrected chi connectivity index (χ4v) is 5.06. The van der Waals surface area contributed by atoms with Gasteiger partial charge >= 0.3 is 0 Å². The summed E-state index contributed by atoms with van der Waals surface area (Å²) in [6.45, 7) is 3.41. The Morgan fingerprint density at radius 1 is 1.15 bits per heavy atom. The van der Waals surface area contributed by atoms with E-state index in [9.17, 15) is 14.0 Å². The van der Waals surface area contributed by atoms with Gasteiger partial charge in [-0.25, -0.2) is 9.02 Å². The largest absolute Gasteiger partial charge is 0.339 e. The number of rotatable bonds is 5. The number of carbonyl (C=O) groups is 2. The molecule has 0 radical (unpaired) electrons. The number of nitrogens with zero attached hydrogens (tertiary/aromatic N) is 4. The minimum atomic E-state index is -0.309. The molecule has 1 atom stereocenters. The first-order valence-corrected chi connectivity index (χ1v) is 11.6. The Balaban J connectivity index is 1.20. The predicted molar refractivity (Wildman–Crippen MR) is 123 cm³/mol. The zero-order valence-electron chi connectivity index (χ0n) is 19.3. The van der Waals surface area contributed by atoms with Crippen LogP contribution in [0.5, 0.6) is 0 Å². The third-order valence-electron chi connectivity index (χ3n) is 7.34. The molecule has 1 aliphatic carbocycles. The van der Waals surface area contributed by atoms with Crippen molar-refractivity contribution >= 4 is 11.8 Å². The summed E-state index contributed by atoms with van der Waals surface area (Å²) in [5, 5.41) is 7.63. The normalized spacial score (nSPS) is 18.7. The number of aryl methyl sites for hydroxylation is 1. The minimum Gasteiger partial charge on any atom is -0.339 e. The second-order valence-electron chi connectivity index (χ2n) is 9.46. The van der Waals surface area contributed by atoms with E-state index in [1.165, 1.54) is 6.07 Å². The van der Waals surface area contributed by atoms with Crippen molar-refractivity contribution in [1.82, 2.24) is 20.1 Å². The fraction of sp³-hybridized carbons (Fsp3) is 0.385. The lowest BCUT2D eigenvalue weighted by atomic mass is 9.90. The summed E-state index contributed by atoms with van der Waals surface area (Å²) in [5.41, 5.74) is 3.06. The van der Waals surface area contributed by atoms with Crippen molar-refractivity contribution in [3.8, 4) is 11.1 Å². The number of hydrogen-bond donors (Lipinski definition) is 0. The van der Waals surface area contributed by atoms with Gasteiger partial charge in [-0.15, -0.1) is 0 Å². The van der Waals surface area contributed by atoms with E-state index < -0.39 is 0 Å². The van der Waals surface area contributed by atoms with Gasteiger partial charge in [-0.2, -0.15) is 0 Å². The fourth-order valence-electron chi connectivity index (χ4n) is 5.06. The van der Waals surface area contributed by atoms with Gasteiger partial charge in [0.2, 0.25) is 5.91 Å². The molecule has 1 aliphatic heterocycles. The molecule has 2 heterocycles. The maximum atomic E-state index is 14.2. The van der Waals surface area contributed by atoms with Gasteiger partial charge in [0.1, 0.15) is 17.2 Å². The van der Waals surface area contributed by atoms with Crippen molar-refractivity contribution < 1.29 is 18.6 Å². The van der Waals surface area contributed by atoms with Crippen LogP contribution in [0.2, 0.25) is 0 Å². The smallest absolute Gasteiger partial charge is 0.253 e. The second-order valence-corrected chi connectivity index (χ2v) is 9.46. The van der Waals surface area contributed by atoms with E-state index >= 15 is 0 Å². The maximum Gasteiger partial charge on any atom is 0.253 e. The lowest BCUT2D eigenvalue weighted by molar-refractivity contribution is -0.133. The Bertz CT molecular complexity index is 1230. The molecule has 0 N–H and O–H groups in total. The van der Waals surface area contributed by atoms with E-state index in [1.54, 1.807) is 48.3 Å². The highest BCUT2D eigenvalue weighted by molar-refractivity contribution is 5.95. The first-order chi connectivity index (χ1) is 16.4. The molecule has 8 heteroatoms. The van der Waals surface area contributed by atoms with Crippen molar-refractivity contribution in [3.05, 3.63) is 71.3 Å². The molecule has 1 spiro atoms. The average Bonchev–Trinajstić information content (AvgIpc) is 3.40. The lowest BCUT2D eigenvalue weighted by Gasteiger charge is -2.33. The quantitative estimate of drug-likeness (QED) is 0.571. The zero-order chi connectivity index (χ0) is 23.9. The van der Waals surface area contributed by atoms with E-state index in [-0.39, 0.29) is 29.0 Å². The van der Waals surface area contributed by atoms with Crippen LogP contribution in [-0.4, -0.2) is 52.1 Å². The minimum absolute atomic E-state index is 0.0145. The lowest BCUT2D eigenvalue weighted by Crippen LogP contribution is -2.40. The second kappa shape index (κ2) is 8.66. The maximum absolute atomic E-state index is 14.2. The standard InChI is InChI=1S/C26H27FN4O3/c1-17-23(29-34-28-17)16-30(2)25(33)21-15-26(21)10-12-31(13-11-26)24(32)19-7-5-6-18(14-19)20-8-3-4-9-22(20)27/h3-9,14,21H,10-13,15-16H2,1-2H3. The molecule has 2 aromatic carbocycles. The van der Waals surface area contributed by atoms with Gasteiger partial charge in [0.05, 0.1) is 6.54 Å². The Labute approximate surface area is 197 Å². The molecule has 7 nitrogen and oxygen atoms in total. The van der Waals surface area contributed by atoms with Gasteiger partial charge in [-0.05, 0) is 55.4 Å². The molecule has 1 aromatic heterocycles. The van der Waals surface area contributed by atoms with Crippen LogP contribution in [-0.2, 0) is 11.3 Å². The number of amides is 2. The molecule has 176 valence electrons.